The molecule has 0 aliphatic rings. The van der Waals surface area contributed by atoms with Gasteiger partial charge in [0.05, 0.1) is 0 Å². The molecule has 0 saturated heterocycles. The number of hydrogen-bond acceptors (Lipinski definition) is 3. The number of nitrogens with zero attached hydrogens (tertiary/aromatic N) is 1. The normalized spacial score (nSPS) is 10.0. The van der Waals surface area contributed by atoms with Crippen LogP contribution in [0.4, 0.5) is 0 Å². The average molecular weight is 331 g/mol. The molecule has 0 aliphatic carbocycles. The molecule has 3 nitrogen and oxygen atoms in total. The fraction of sp³-hybridized carbons (Fsp3) is 0.188. The third kappa shape index (κ3) is 4.09. The van der Waals surface area contributed by atoms with Gasteiger partial charge < -0.3 is 10.1 Å². The minimum atomic E-state index is 0.0707. The van der Waals surface area contributed by atoms with E-state index in [0.29, 0.717) is 6.54 Å². The summed E-state index contributed by atoms with van der Waals surface area (Å²) in [7, 11) is 0. The number of hydrogen-bond donors (Lipinski definition) is 1. The van der Waals surface area contributed by atoms with Crippen molar-refractivity contribution in [3.63, 3.8) is 0 Å². The molecule has 2 rings (SSSR count). The number of ether oxygens (including phenoxy) is 1. The topological polar surface area (TPSA) is 45.0 Å². The van der Waals surface area contributed by atoms with E-state index >= 15 is 0 Å². The summed E-state index contributed by atoms with van der Waals surface area (Å²) >= 11 is 3.53. The van der Waals surface area contributed by atoms with Crippen molar-refractivity contribution in [2.75, 3.05) is 6.61 Å². The van der Waals surface area contributed by atoms with Crippen LogP contribution >= 0.6 is 15.9 Å². The number of nitriles is 1. The van der Waals surface area contributed by atoms with E-state index in [-0.39, 0.29) is 6.61 Å². The van der Waals surface area contributed by atoms with Crippen LogP contribution in [0.25, 0.3) is 0 Å². The van der Waals surface area contributed by atoms with Crippen LogP contribution < -0.4 is 10.1 Å². The van der Waals surface area contributed by atoms with Gasteiger partial charge in [-0.2, -0.15) is 5.26 Å². The summed E-state index contributed by atoms with van der Waals surface area (Å²) in [6, 6.07) is 17.9. The van der Waals surface area contributed by atoms with Gasteiger partial charge in [0.15, 0.2) is 6.61 Å². The maximum atomic E-state index is 8.58. The summed E-state index contributed by atoms with van der Waals surface area (Å²) in [5, 5.41) is 12.0. The van der Waals surface area contributed by atoms with Crippen LogP contribution in [-0.4, -0.2) is 6.61 Å². The molecule has 20 heavy (non-hydrogen) atoms. The Balaban J connectivity index is 1.94. The smallest absolute Gasteiger partial charge is 0.174 e. The molecule has 0 aromatic heterocycles. The van der Waals surface area contributed by atoms with Crippen LogP contribution in [0.5, 0.6) is 5.75 Å². The van der Waals surface area contributed by atoms with Crippen LogP contribution in [0.3, 0.4) is 0 Å². The first-order valence-corrected chi connectivity index (χ1v) is 7.12. The van der Waals surface area contributed by atoms with Crippen molar-refractivity contribution < 1.29 is 4.74 Å². The van der Waals surface area contributed by atoms with Gasteiger partial charge in [0.2, 0.25) is 0 Å². The van der Waals surface area contributed by atoms with Crippen molar-refractivity contribution in [3.8, 4) is 11.8 Å². The summed E-state index contributed by atoms with van der Waals surface area (Å²) in [4.78, 5) is 0. The Labute approximate surface area is 127 Å². The van der Waals surface area contributed by atoms with Crippen molar-refractivity contribution in [1.29, 1.82) is 5.26 Å². The van der Waals surface area contributed by atoms with Crippen molar-refractivity contribution in [2.24, 2.45) is 0 Å². The summed E-state index contributed by atoms with van der Waals surface area (Å²) in [6.07, 6.45) is 0. The van der Waals surface area contributed by atoms with E-state index < -0.39 is 0 Å². The molecule has 1 N–H and O–H groups in total. The highest BCUT2D eigenvalue weighted by molar-refractivity contribution is 9.10. The lowest BCUT2D eigenvalue weighted by Crippen LogP contribution is -2.14. The molecule has 2 aromatic rings. The molecular formula is C16H15BrN2O. The molecule has 0 aliphatic heterocycles. The molecule has 0 saturated carbocycles. The predicted octanol–water partition coefficient (Wildman–Crippen LogP) is 3.64. The molecule has 0 amide bonds. The van der Waals surface area contributed by atoms with Gasteiger partial charge in [0, 0.05) is 23.1 Å². The molecule has 0 radical (unpaired) electrons. The second kappa shape index (κ2) is 7.68. The minimum absolute atomic E-state index is 0.0707. The third-order valence-corrected chi connectivity index (χ3v) is 3.63. The number of para-hydroxylation sites is 1. The quantitative estimate of drug-likeness (QED) is 0.879. The zero-order valence-electron chi connectivity index (χ0n) is 11.0. The van der Waals surface area contributed by atoms with Gasteiger partial charge in [-0.05, 0) is 17.7 Å². The largest absolute Gasteiger partial charge is 0.478 e. The van der Waals surface area contributed by atoms with Gasteiger partial charge in [-0.15, -0.1) is 0 Å². The Bertz CT molecular complexity index is 607. The highest BCUT2D eigenvalue weighted by Crippen LogP contribution is 2.19. The monoisotopic (exact) mass is 330 g/mol. The Morgan fingerprint density at radius 3 is 2.40 bits per heavy atom. The summed E-state index contributed by atoms with van der Waals surface area (Å²) in [6.45, 7) is 1.54. The lowest BCUT2D eigenvalue weighted by molar-refractivity contribution is 0.362. The Hall–Kier alpha value is -1.83. The summed E-state index contributed by atoms with van der Waals surface area (Å²) in [5.41, 5.74) is 2.26. The standard InChI is InChI=1S/C16H15BrN2O/c17-15-7-3-1-5-13(15)11-19-12-14-6-2-4-8-16(14)20-10-9-18/h1-8,19H,10-12H2. The van der Waals surface area contributed by atoms with Gasteiger partial charge >= 0.3 is 0 Å². The summed E-state index contributed by atoms with van der Waals surface area (Å²) < 4.78 is 6.50. The summed E-state index contributed by atoms with van der Waals surface area (Å²) in [5.74, 6) is 0.758. The Morgan fingerprint density at radius 1 is 1.00 bits per heavy atom. The zero-order chi connectivity index (χ0) is 14.2. The van der Waals surface area contributed by atoms with Gasteiger partial charge in [0.25, 0.3) is 0 Å². The highest BCUT2D eigenvalue weighted by Gasteiger charge is 2.03. The van der Waals surface area contributed by atoms with E-state index in [2.05, 4.69) is 27.3 Å². The van der Waals surface area contributed by atoms with E-state index in [9.17, 15) is 0 Å². The highest BCUT2D eigenvalue weighted by atomic mass is 79.9. The molecule has 0 heterocycles. The van der Waals surface area contributed by atoms with Gasteiger partial charge in [-0.25, -0.2) is 0 Å². The maximum Gasteiger partial charge on any atom is 0.174 e. The van der Waals surface area contributed by atoms with E-state index in [4.69, 9.17) is 10.00 Å². The molecule has 4 heteroatoms. The molecule has 102 valence electrons. The van der Waals surface area contributed by atoms with Gasteiger partial charge in [-0.3, -0.25) is 0 Å². The van der Waals surface area contributed by atoms with Crippen molar-refractivity contribution in [1.82, 2.24) is 5.32 Å². The van der Waals surface area contributed by atoms with Crippen molar-refractivity contribution in [2.45, 2.75) is 13.1 Å². The molecular weight excluding hydrogens is 316 g/mol. The molecule has 0 unspecified atom stereocenters. The fourth-order valence-corrected chi connectivity index (χ4v) is 2.30. The maximum absolute atomic E-state index is 8.58. The minimum Gasteiger partial charge on any atom is -0.478 e. The van der Waals surface area contributed by atoms with E-state index in [1.54, 1.807) is 0 Å². The van der Waals surface area contributed by atoms with E-state index in [0.717, 1.165) is 22.3 Å². The molecule has 0 spiro atoms. The Morgan fingerprint density at radius 2 is 1.65 bits per heavy atom. The fourth-order valence-electron chi connectivity index (χ4n) is 1.87. The van der Waals surface area contributed by atoms with Crippen LogP contribution in [0.15, 0.2) is 53.0 Å². The average Bonchev–Trinajstić information content (AvgIpc) is 2.48. The van der Waals surface area contributed by atoms with Crippen molar-refractivity contribution in [3.05, 3.63) is 64.1 Å². The number of rotatable bonds is 6. The first-order valence-electron chi connectivity index (χ1n) is 6.33. The van der Waals surface area contributed by atoms with Gasteiger partial charge in [0.1, 0.15) is 11.8 Å². The zero-order valence-corrected chi connectivity index (χ0v) is 12.6. The van der Waals surface area contributed by atoms with Gasteiger partial charge in [-0.1, -0.05) is 52.3 Å². The number of nitrogens with one attached hydrogen (secondary N) is 1. The Kier molecular flexibility index (Phi) is 5.60. The van der Waals surface area contributed by atoms with Crippen LogP contribution in [-0.2, 0) is 13.1 Å². The molecule has 0 fully saturated rings. The first kappa shape index (κ1) is 14.6. The lowest BCUT2D eigenvalue weighted by Gasteiger charge is -2.11. The third-order valence-electron chi connectivity index (χ3n) is 2.85. The van der Waals surface area contributed by atoms with Crippen LogP contribution in [0, 0.1) is 11.3 Å². The second-order valence-corrected chi connectivity index (χ2v) is 5.10. The lowest BCUT2D eigenvalue weighted by atomic mass is 10.2. The number of halogens is 1. The van der Waals surface area contributed by atoms with E-state index in [1.165, 1.54) is 5.56 Å². The van der Waals surface area contributed by atoms with Crippen LogP contribution in [0.1, 0.15) is 11.1 Å². The van der Waals surface area contributed by atoms with Crippen LogP contribution in [0.2, 0.25) is 0 Å². The number of benzene rings is 2. The predicted molar refractivity (Wildman–Crippen MR) is 82.2 cm³/mol. The first-order chi connectivity index (χ1) is 9.81. The molecule has 0 atom stereocenters. The van der Waals surface area contributed by atoms with E-state index in [1.807, 2.05) is 48.5 Å². The molecule has 2 aromatic carbocycles. The second-order valence-electron chi connectivity index (χ2n) is 4.25. The van der Waals surface area contributed by atoms with Crippen molar-refractivity contribution >= 4 is 15.9 Å². The SMILES string of the molecule is N#CCOc1ccccc1CNCc1ccccc1Br. The molecule has 0 bridgehead atoms.